The Hall–Kier alpha value is -2.29. The van der Waals surface area contributed by atoms with Gasteiger partial charge in [-0.3, -0.25) is 4.79 Å². The Morgan fingerprint density at radius 3 is 2.67 bits per heavy atom. The van der Waals surface area contributed by atoms with E-state index in [1.807, 2.05) is 50.2 Å². The van der Waals surface area contributed by atoms with E-state index in [1.54, 1.807) is 0 Å². The van der Waals surface area contributed by atoms with Crippen LogP contribution in [0.15, 0.2) is 46.8 Å². The van der Waals surface area contributed by atoms with Crippen LogP contribution in [-0.2, 0) is 4.79 Å². The summed E-state index contributed by atoms with van der Waals surface area (Å²) >= 11 is 4.18. The number of hydrogen-bond acceptors (Lipinski definition) is 7. The van der Waals surface area contributed by atoms with Crippen molar-refractivity contribution in [1.82, 2.24) is 14.3 Å². The summed E-state index contributed by atoms with van der Waals surface area (Å²) in [5, 5.41) is 3.49. The normalized spacial score (nSPS) is 11.0. The van der Waals surface area contributed by atoms with Crippen molar-refractivity contribution in [2.45, 2.75) is 18.2 Å². The number of aromatic nitrogens is 3. The van der Waals surface area contributed by atoms with Crippen LogP contribution < -0.4 is 5.32 Å². The van der Waals surface area contributed by atoms with E-state index in [2.05, 4.69) is 25.7 Å². The third kappa shape index (κ3) is 4.35. The van der Waals surface area contributed by atoms with Gasteiger partial charge in [0.2, 0.25) is 5.91 Å². The number of rotatable bonds is 5. The van der Waals surface area contributed by atoms with Gasteiger partial charge in [-0.25, -0.2) is 9.97 Å². The highest BCUT2D eigenvalue weighted by molar-refractivity contribution is 8.01. The van der Waals surface area contributed by atoms with Crippen LogP contribution in [0.4, 0.5) is 5.13 Å². The van der Waals surface area contributed by atoms with Gasteiger partial charge in [0.15, 0.2) is 15.3 Å². The summed E-state index contributed by atoms with van der Waals surface area (Å²) in [6.45, 7) is 4.09. The number of aryl methyl sites for hydroxylation is 2. The number of amides is 1. The maximum atomic E-state index is 12.2. The van der Waals surface area contributed by atoms with Crippen LogP contribution >= 0.6 is 34.6 Å². The Morgan fingerprint density at radius 1 is 1.07 bits per heavy atom. The number of fused-ring (bicyclic) bond motifs is 1. The molecule has 0 unspecified atom stereocenters. The number of nitrogens with zero attached hydrogens (tertiary/aromatic N) is 3. The minimum absolute atomic E-state index is 0.0946. The van der Waals surface area contributed by atoms with Crippen LogP contribution in [0.1, 0.15) is 11.1 Å². The number of benzene rings is 2. The molecular formula is C19H16N4OS3. The summed E-state index contributed by atoms with van der Waals surface area (Å²) in [7, 11) is 0. The molecule has 0 saturated heterocycles. The Balaban J connectivity index is 1.36. The fourth-order valence-corrected chi connectivity index (χ4v) is 4.85. The number of carbonyl (C=O) groups excluding carboxylic acids is 1. The molecular weight excluding hydrogens is 396 g/mol. The lowest BCUT2D eigenvalue weighted by Crippen LogP contribution is -2.13. The van der Waals surface area contributed by atoms with E-state index >= 15 is 0 Å². The summed E-state index contributed by atoms with van der Waals surface area (Å²) in [4.78, 5) is 21.2. The van der Waals surface area contributed by atoms with Crippen LogP contribution in [-0.4, -0.2) is 26.0 Å². The summed E-state index contributed by atoms with van der Waals surface area (Å²) in [5.74, 6) is 0.879. The molecule has 1 N–H and O–H groups in total. The third-order valence-corrected chi connectivity index (χ3v) is 6.60. The van der Waals surface area contributed by atoms with Crippen LogP contribution in [0, 0.1) is 13.8 Å². The maximum absolute atomic E-state index is 12.2. The molecule has 0 bridgehead atoms. The molecule has 0 atom stereocenters. The fourth-order valence-electron chi connectivity index (χ4n) is 2.46. The van der Waals surface area contributed by atoms with Crippen molar-refractivity contribution in [3.63, 3.8) is 0 Å². The van der Waals surface area contributed by atoms with Gasteiger partial charge >= 0.3 is 0 Å². The quantitative estimate of drug-likeness (QED) is 0.459. The lowest BCUT2D eigenvalue weighted by atomic mass is 10.1. The van der Waals surface area contributed by atoms with Crippen molar-refractivity contribution in [2.75, 3.05) is 11.1 Å². The first-order valence-corrected chi connectivity index (χ1v) is 10.8. The first-order valence-electron chi connectivity index (χ1n) is 8.27. The van der Waals surface area contributed by atoms with Crippen molar-refractivity contribution >= 4 is 55.9 Å². The predicted molar refractivity (Wildman–Crippen MR) is 114 cm³/mol. The monoisotopic (exact) mass is 412 g/mol. The molecule has 136 valence electrons. The smallest absolute Gasteiger partial charge is 0.236 e. The topological polar surface area (TPSA) is 67.8 Å². The molecule has 0 fully saturated rings. The number of carbonyl (C=O) groups is 1. The van der Waals surface area contributed by atoms with Crippen LogP contribution in [0.5, 0.6) is 0 Å². The highest BCUT2D eigenvalue weighted by Crippen LogP contribution is 2.28. The van der Waals surface area contributed by atoms with E-state index in [4.69, 9.17) is 0 Å². The Labute approximate surface area is 169 Å². The van der Waals surface area contributed by atoms with E-state index in [0.29, 0.717) is 11.0 Å². The molecule has 8 heteroatoms. The molecule has 0 aliphatic rings. The number of thiazole rings is 1. The summed E-state index contributed by atoms with van der Waals surface area (Å²) in [6, 6.07) is 14.2. The van der Waals surface area contributed by atoms with Gasteiger partial charge in [-0.05, 0) is 43.1 Å². The lowest BCUT2D eigenvalue weighted by molar-refractivity contribution is -0.113. The molecule has 0 aliphatic heterocycles. The Morgan fingerprint density at radius 2 is 1.85 bits per heavy atom. The van der Waals surface area contributed by atoms with Gasteiger partial charge in [-0.2, -0.15) is 4.37 Å². The van der Waals surface area contributed by atoms with E-state index in [-0.39, 0.29) is 11.7 Å². The highest BCUT2D eigenvalue weighted by Gasteiger charge is 2.11. The SMILES string of the molecule is Cc1ccc(-c2nsc(SCC(=O)Nc3nc4ccc(C)cc4s3)n2)cc1. The standard InChI is InChI=1S/C19H16N4OS3/c1-11-3-6-13(7-4-11)17-22-19(27-23-17)25-10-16(24)21-18-20-14-8-5-12(2)9-15(14)26-18/h3-9H,10H2,1-2H3,(H,20,21,24). The first kappa shape index (κ1) is 18.1. The predicted octanol–water partition coefficient (Wildman–Crippen LogP) is 5.16. The number of anilines is 1. The van der Waals surface area contributed by atoms with E-state index in [9.17, 15) is 4.79 Å². The fraction of sp³-hybridized carbons (Fsp3) is 0.158. The Bertz CT molecular complexity index is 1100. The van der Waals surface area contributed by atoms with Gasteiger partial charge in [-0.1, -0.05) is 59.0 Å². The van der Waals surface area contributed by atoms with Crippen LogP contribution in [0.3, 0.4) is 0 Å². The molecule has 4 aromatic rings. The van der Waals surface area contributed by atoms with Crippen molar-refractivity contribution in [3.8, 4) is 11.4 Å². The molecule has 27 heavy (non-hydrogen) atoms. The number of hydrogen-bond donors (Lipinski definition) is 1. The van der Waals surface area contributed by atoms with Crippen molar-refractivity contribution in [1.29, 1.82) is 0 Å². The summed E-state index contributed by atoms with van der Waals surface area (Å²) < 4.78 is 6.24. The molecule has 0 aliphatic carbocycles. The average molecular weight is 413 g/mol. The van der Waals surface area contributed by atoms with Crippen molar-refractivity contribution < 1.29 is 4.79 Å². The van der Waals surface area contributed by atoms with Gasteiger partial charge < -0.3 is 5.32 Å². The maximum Gasteiger partial charge on any atom is 0.236 e. The molecule has 4 rings (SSSR count). The van der Waals surface area contributed by atoms with E-state index in [0.717, 1.165) is 20.1 Å². The molecule has 2 aromatic heterocycles. The molecule has 0 spiro atoms. The molecule has 2 heterocycles. The number of nitrogens with one attached hydrogen (secondary N) is 1. The first-order chi connectivity index (χ1) is 13.1. The summed E-state index contributed by atoms with van der Waals surface area (Å²) in [6.07, 6.45) is 0. The van der Waals surface area contributed by atoms with E-state index in [1.165, 1.54) is 45.8 Å². The third-order valence-electron chi connectivity index (χ3n) is 3.83. The van der Waals surface area contributed by atoms with Gasteiger partial charge in [0.1, 0.15) is 0 Å². The minimum Gasteiger partial charge on any atom is -0.301 e. The zero-order chi connectivity index (χ0) is 18.8. The highest BCUT2D eigenvalue weighted by atomic mass is 32.2. The van der Waals surface area contributed by atoms with Gasteiger partial charge in [-0.15, -0.1) is 0 Å². The van der Waals surface area contributed by atoms with Crippen molar-refractivity contribution in [3.05, 3.63) is 53.6 Å². The lowest BCUT2D eigenvalue weighted by Gasteiger charge is -1.99. The number of thioether (sulfide) groups is 1. The Kier molecular flexibility index (Phi) is 5.20. The zero-order valence-electron chi connectivity index (χ0n) is 14.7. The van der Waals surface area contributed by atoms with Gasteiger partial charge in [0, 0.05) is 5.56 Å². The van der Waals surface area contributed by atoms with Crippen molar-refractivity contribution in [2.24, 2.45) is 0 Å². The molecule has 0 saturated carbocycles. The second-order valence-corrected chi connectivity index (χ2v) is 9.08. The molecule has 2 aromatic carbocycles. The van der Waals surface area contributed by atoms with Gasteiger partial charge in [0.25, 0.3) is 0 Å². The largest absolute Gasteiger partial charge is 0.301 e. The minimum atomic E-state index is -0.0946. The molecule has 5 nitrogen and oxygen atoms in total. The van der Waals surface area contributed by atoms with E-state index < -0.39 is 0 Å². The van der Waals surface area contributed by atoms with Crippen LogP contribution in [0.2, 0.25) is 0 Å². The van der Waals surface area contributed by atoms with Gasteiger partial charge in [0.05, 0.1) is 16.0 Å². The molecule has 1 amide bonds. The second-order valence-electron chi connectivity index (χ2n) is 6.08. The second kappa shape index (κ2) is 7.75. The summed E-state index contributed by atoms with van der Waals surface area (Å²) in [5.41, 5.74) is 4.27. The average Bonchev–Trinajstić information content (AvgIpc) is 3.26. The van der Waals surface area contributed by atoms with Crippen LogP contribution in [0.25, 0.3) is 21.6 Å². The molecule has 0 radical (unpaired) electrons. The zero-order valence-corrected chi connectivity index (χ0v) is 17.2.